The molecule has 0 amide bonds. The SMILES string of the molecule is O=C(CCCCC(CCSC(=O)c1ccccc1)SC(=O)c1ccccc1)OC(=O)c1ccccc1. The number of carbonyl (C=O) groups is 4. The topological polar surface area (TPSA) is 77.5 Å². The van der Waals surface area contributed by atoms with Gasteiger partial charge in [-0.3, -0.25) is 14.4 Å². The van der Waals surface area contributed by atoms with Crippen molar-refractivity contribution in [2.75, 3.05) is 5.75 Å². The number of hydrogen-bond acceptors (Lipinski definition) is 7. The van der Waals surface area contributed by atoms with Crippen molar-refractivity contribution in [3.05, 3.63) is 108 Å². The van der Waals surface area contributed by atoms with Gasteiger partial charge in [-0.2, -0.15) is 0 Å². The molecule has 3 rings (SSSR count). The van der Waals surface area contributed by atoms with E-state index in [0.29, 0.717) is 48.1 Å². The monoisotopic (exact) mass is 520 g/mol. The summed E-state index contributed by atoms with van der Waals surface area (Å²) >= 11 is 2.53. The summed E-state index contributed by atoms with van der Waals surface area (Å²) < 4.78 is 4.92. The summed E-state index contributed by atoms with van der Waals surface area (Å²) in [6.45, 7) is 0. The van der Waals surface area contributed by atoms with Crippen molar-refractivity contribution >= 4 is 45.7 Å². The van der Waals surface area contributed by atoms with E-state index in [0.717, 1.165) is 0 Å². The zero-order valence-electron chi connectivity index (χ0n) is 19.8. The molecule has 0 aliphatic carbocycles. The van der Waals surface area contributed by atoms with E-state index in [2.05, 4.69) is 0 Å². The summed E-state index contributed by atoms with van der Waals surface area (Å²) in [4.78, 5) is 49.2. The second kappa shape index (κ2) is 15.1. The Hall–Kier alpha value is -3.16. The molecule has 0 bridgehead atoms. The largest absolute Gasteiger partial charge is 0.389 e. The lowest BCUT2D eigenvalue weighted by Gasteiger charge is -2.15. The van der Waals surface area contributed by atoms with Gasteiger partial charge in [-0.05, 0) is 31.4 Å². The first kappa shape index (κ1) is 27.4. The van der Waals surface area contributed by atoms with E-state index in [1.54, 1.807) is 54.6 Å². The lowest BCUT2D eigenvalue weighted by molar-refractivity contribution is -0.138. The molecule has 7 heteroatoms. The molecule has 0 radical (unpaired) electrons. The maximum absolute atomic E-state index is 12.7. The van der Waals surface area contributed by atoms with E-state index in [1.165, 1.54) is 23.5 Å². The molecule has 0 saturated heterocycles. The van der Waals surface area contributed by atoms with Crippen LogP contribution in [0.4, 0.5) is 0 Å². The van der Waals surface area contributed by atoms with Gasteiger partial charge in [0.15, 0.2) is 0 Å². The van der Waals surface area contributed by atoms with Crippen LogP contribution in [0, 0.1) is 0 Å². The number of thioether (sulfide) groups is 2. The van der Waals surface area contributed by atoms with Crippen molar-refractivity contribution in [3.8, 4) is 0 Å². The minimum atomic E-state index is -0.650. The van der Waals surface area contributed by atoms with Crippen LogP contribution in [0.2, 0.25) is 0 Å². The molecule has 3 aromatic rings. The zero-order chi connectivity index (χ0) is 25.6. The van der Waals surface area contributed by atoms with E-state index in [-0.39, 0.29) is 21.9 Å². The number of benzene rings is 3. The Kier molecular flexibility index (Phi) is 11.5. The molecule has 0 N–H and O–H groups in total. The van der Waals surface area contributed by atoms with Crippen molar-refractivity contribution in [3.63, 3.8) is 0 Å². The second-order valence-electron chi connectivity index (χ2n) is 8.06. The van der Waals surface area contributed by atoms with Crippen molar-refractivity contribution in [1.82, 2.24) is 0 Å². The number of carbonyl (C=O) groups excluding carboxylic acids is 4. The highest BCUT2D eigenvalue weighted by molar-refractivity contribution is 8.15. The molecule has 0 saturated carbocycles. The second-order valence-corrected chi connectivity index (χ2v) is 10.4. The van der Waals surface area contributed by atoms with E-state index >= 15 is 0 Å². The number of esters is 2. The van der Waals surface area contributed by atoms with Crippen molar-refractivity contribution in [2.45, 2.75) is 37.4 Å². The molecule has 1 unspecified atom stereocenters. The normalized spacial score (nSPS) is 11.4. The third kappa shape index (κ3) is 9.47. The molecular formula is C29H28O5S2. The van der Waals surface area contributed by atoms with Crippen molar-refractivity contribution < 1.29 is 23.9 Å². The molecule has 186 valence electrons. The van der Waals surface area contributed by atoms with Crippen LogP contribution < -0.4 is 0 Å². The first-order chi connectivity index (χ1) is 17.5. The predicted octanol–water partition coefficient (Wildman–Crippen LogP) is 6.84. The summed E-state index contributed by atoms with van der Waals surface area (Å²) in [5.74, 6) is -0.610. The number of ether oxygens (including phenoxy) is 1. The molecule has 0 aliphatic rings. The number of rotatable bonds is 12. The Morgan fingerprint density at radius 3 is 1.75 bits per heavy atom. The van der Waals surface area contributed by atoms with Crippen LogP contribution in [-0.2, 0) is 9.53 Å². The highest BCUT2D eigenvalue weighted by atomic mass is 32.2. The molecule has 1 atom stereocenters. The Labute approximate surface area is 220 Å². The molecule has 0 spiro atoms. The Morgan fingerprint density at radius 1 is 0.639 bits per heavy atom. The average molecular weight is 521 g/mol. The molecule has 3 aromatic carbocycles. The fourth-order valence-corrected chi connectivity index (χ4v) is 5.56. The van der Waals surface area contributed by atoms with Crippen LogP contribution in [0.25, 0.3) is 0 Å². The molecular weight excluding hydrogens is 492 g/mol. The fraction of sp³-hybridized carbons (Fsp3) is 0.241. The van der Waals surface area contributed by atoms with Gasteiger partial charge in [-0.15, -0.1) is 0 Å². The smallest absolute Gasteiger partial charge is 0.345 e. The fourth-order valence-electron chi connectivity index (χ4n) is 3.43. The van der Waals surface area contributed by atoms with Crippen LogP contribution in [-0.4, -0.2) is 33.2 Å². The highest BCUT2D eigenvalue weighted by Crippen LogP contribution is 2.27. The maximum Gasteiger partial charge on any atom is 0.345 e. The molecule has 5 nitrogen and oxygen atoms in total. The number of unbranched alkanes of at least 4 members (excludes halogenated alkanes) is 1. The van der Waals surface area contributed by atoms with Crippen LogP contribution in [0.15, 0.2) is 91.0 Å². The van der Waals surface area contributed by atoms with E-state index in [9.17, 15) is 19.2 Å². The van der Waals surface area contributed by atoms with E-state index in [4.69, 9.17) is 4.74 Å². The van der Waals surface area contributed by atoms with Gasteiger partial charge >= 0.3 is 11.9 Å². The van der Waals surface area contributed by atoms with Gasteiger partial charge in [0, 0.05) is 28.6 Å². The first-order valence-corrected chi connectivity index (χ1v) is 13.7. The minimum absolute atomic E-state index is 0.00662. The van der Waals surface area contributed by atoms with Gasteiger partial charge in [0.1, 0.15) is 0 Å². The molecule has 0 heterocycles. The summed E-state index contributed by atoms with van der Waals surface area (Å²) in [6.07, 6.45) is 2.77. The van der Waals surface area contributed by atoms with Crippen molar-refractivity contribution in [1.29, 1.82) is 0 Å². The third-order valence-corrected chi connectivity index (χ3v) is 7.53. The van der Waals surface area contributed by atoms with Gasteiger partial charge in [-0.25, -0.2) is 4.79 Å². The van der Waals surface area contributed by atoms with Crippen LogP contribution in [0.5, 0.6) is 0 Å². The minimum Gasteiger partial charge on any atom is -0.389 e. The van der Waals surface area contributed by atoms with E-state index in [1.807, 2.05) is 36.4 Å². The molecule has 0 aliphatic heterocycles. The van der Waals surface area contributed by atoms with Gasteiger partial charge in [0.2, 0.25) is 10.2 Å². The summed E-state index contributed by atoms with van der Waals surface area (Å²) in [5.41, 5.74) is 1.64. The predicted molar refractivity (Wildman–Crippen MR) is 145 cm³/mol. The average Bonchev–Trinajstić information content (AvgIpc) is 2.92. The first-order valence-electron chi connectivity index (χ1n) is 11.8. The maximum atomic E-state index is 12.7. The lowest BCUT2D eigenvalue weighted by atomic mass is 10.1. The molecule has 36 heavy (non-hydrogen) atoms. The zero-order valence-corrected chi connectivity index (χ0v) is 21.5. The van der Waals surface area contributed by atoms with Gasteiger partial charge in [-0.1, -0.05) is 109 Å². The third-order valence-electron chi connectivity index (χ3n) is 5.34. The summed E-state index contributed by atoms with van der Waals surface area (Å²) in [7, 11) is 0. The Morgan fingerprint density at radius 2 is 1.17 bits per heavy atom. The van der Waals surface area contributed by atoms with E-state index < -0.39 is 11.9 Å². The van der Waals surface area contributed by atoms with Crippen molar-refractivity contribution in [2.24, 2.45) is 0 Å². The van der Waals surface area contributed by atoms with Crippen LogP contribution in [0.1, 0.15) is 63.2 Å². The quantitative estimate of drug-likeness (QED) is 0.147. The standard InChI is InChI=1S/C29H28O5S2/c30-26(34-27(31)22-12-4-1-5-13-22)19-11-10-18-25(36-29(33)24-16-8-3-9-17-24)20-21-35-28(32)23-14-6-2-7-15-23/h1-9,12-17,25H,10-11,18-21H2. The number of hydrogen-bond donors (Lipinski definition) is 0. The molecule has 0 fully saturated rings. The van der Waals surface area contributed by atoms with Crippen LogP contribution in [0.3, 0.4) is 0 Å². The summed E-state index contributed by atoms with van der Waals surface area (Å²) in [5, 5.41) is 0.0168. The van der Waals surface area contributed by atoms with Gasteiger partial charge in [0.25, 0.3) is 0 Å². The van der Waals surface area contributed by atoms with Crippen LogP contribution >= 0.6 is 23.5 Å². The van der Waals surface area contributed by atoms with Gasteiger partial charge < -0.3 is 4.74 Å². The lowest BCUT2D eigenvalue weighted by Crippen LogP contribution is -2.13. The highest BCUT2D eigenvalue weighted by Gasteiger charge is 2.18. The summed E-state index contributed by atoms with van der Waals surface area (Å²) in [6, 6.07) is 26.6. The molecule has 0 aromatic heterocycles. The van der Waals surface area contributed by atoms with Gasteiger partial charge in [0.05, 0.1) is 5.56 Å². The Bertz CT molecular complexity index is 1130. The Balaban J connectivity index is 1.46.